The molecule has 1 aliphatic heterocycles. The van der Waals surface area contributed by atoms with Crippen molar-refractivity contribution in [3.8, 4) is 5.75 Å². The van der Waals surface area contributed by atoms with E-state index in [9.17, 15) is 9.59 Å². The van der Waals surface area contributed by atoms with Crippen LogP contribution in [0.3, 0.4) is 0 Å². The van der Waals surface area contributed by atoms with Crippen LogP contribution in [0.2, 0.25) is 0 Å². The summed E-state index contributed by atoms with van der Waals surface area (Å²) in [6, 6.07) is 11.4. The van der Waals surface area contributed by atoms with Crippen molar-refractivity contribution < 1.29 is 14.3 Å². The van der Waals surface area contributed by atoms with Crippen molar-refractivity contribution in [1.82, 2.24) is 14.3 Å². The van der Waals surface area contributed by atoms with Crippen LogP contribution in [-0.2, 0) is 16.0 Å². The lowest BCUT2D eigenvalue weighted by Crippen LogP contribution is -2.30. The van der Waals surface area contributed by atoms with E-state index in [0.717, 1.165) is 16.9 Å². The highest BCUT2D eigenvalue weighted by atomic mass is 32.2. The molecule has 1 saturated heterocycles. The molecule has 4 rings (SSSR count). The Bertz CT molecular complexity index is 1350. The minimum atomic E-state index is -0.262. The third-order valence-corrected chi connectivity index (χ3v) is 6.99. The van der Waals surface area contributed by atoms with Gasteiger partial charge in [-0.2, -0.15) is 0 Å². The molecular weight excluding hydrogens is 484 g/mol. The van der Waals surface area contributed by atoms with E-state index in [2.05, 4.69) is 10.3 Å². The molecule has 0 radical (unpaired) electrons. The smallest absolute Gasteiger partial charge is 0.267 e. The Morgan fingerprint density at radius 2 is 1.94 bits per heavy atom. The van der Waals surface area contributed by atoms with Gasteiger partial charge in [-0.1, -0.05) is 42.2 Å². The topological polar surface area (TPSA) is 85.2 Å². The van der Waals surface area contributed by atoms with E-state index in [0.29, 0.717) is 52.4 Å². The lowest BCUT2D eigenvalue weighted by molar-refractivity contribution is -0.122. The molecule has 1 amide bonds. The number of aromatic nitrogens is 2. The molecule has 3 aromatic rings. The van der Waals surface area contributed by atoms with Gasteiger partial charge in [0.25, 0.3) is 11.5 Å². The lowest BCUT2D eigenvalue weighted by Gasteiger charge is -2.14. The van der Waals surface area contributed by atoms with Gasteiger partial charge in [-0.25, -0.2) is 4.98 Å². The number of nitrogens with one attached hydrogen (secondary N) is 1. The van der Waals surface area contributed by atoms with Crippen molar-refractivity contribution in [3.63, 3.8) is 0 Å². The van der Waals surface area contributed by atoms with E-state index in [1.54, 1.807) is 37.5 Å². The fourth-order valence-corrected chi connectivity index (χ4v) is 5.00. The van der Waals surface area contributed by atoms with Crippen molar-refractivity contribution in [2.75, 3.05) is 39.2 Å². The summed E-state index contributed by atoms with van der Waals surface area (Å²) in [5.41, 5.74) is 2.54. The van der Waals surface area contributed by atoms with E-state index < -0.39 is 0 Å². The molecule has 1 N–H and O–H groups in total. The normalized spacial score (nSPS) is 14.8. The van der Waals surface area contributed by atoms with E-state index in [4.69, 9.17) is 21.7 Å². The van der Waals surface area contributed by atoms with Crippen LogP contribution in [0.15, 0.2) is 52.3 Å². The summed E-state index contributed by atoms with van der Waals surface area (Å²) in [5, 5.41) is 3.17. The Balaban J connectivity index is 1.63. The number of hydrogen-bond acceptors (Lipinski definition) is 8. The summed E-state index contributed by atoms with van der Waals surface area (Å²) in [7, 11) is 3.23. The van der Waals surface area contributed by atoms with Gasteiger partial charge in [0.05, 0.1) is 24.2 Å². The molecule has 2 aromatic heterocycles. The van der Waals surface area contributed by atoms with Gasteiger partial charge in [-0.15, -0.1) is 0 Å². The zero-order valence-corrected chi connectivity index (χ0v) is 21.4. The molecule has 0 aliphatic carbocycles. The summed E-state index contributed by atoms with van der Waals surface area (Å²) in [6.07, 6.45) is 3.91. The molecule has 1 aromatic carbocycles. The van der Waals surface area contributed by atoms with E-state index in [-0.39, 0.29) is 11.5 Å². The minimum absolute atomic E-state index is 0.218. The summed E-state index contributed by atoms with van der Waals surface area (Å²) in [6.45, 7) is 3.26. The zero-order valence-electron chi connectivity index (χ0n) is 19.7. The van der Waals surface area contributed by atoms with Crippen LogP contribution in [0, 0.1) is 6.92 Å². The van der Waals surface area contributed by atoms with Crippen molar-refractivity contribution in [1.29, 1.82) is 0 Å². The van der Waals surface area contributed by atoms with Crippen molar-refractivity contribution in [2.24, 2.45) is 0 Å². The van der Waals surface area contributed by atoms with E-state index in [1.807, 2.05) is 37.3 Å². The third-order valence-electron chi connectivity index (χ3n) is 5.62. The second-order valence-corrected chi connectivity index (χ2v) is 9.59. The van der Waals surface area contributed by atoms with Crippen molar-refractivity contribution in [3.05, 3.63) is 74.5 Å². The number of carbonyl (C=O) groups is 1. The Labute approximate surface area is 212 Å². The minimum Gasteiger partial charge on any atom is -0.497 e. The Morgan fingerprint density at radius 1 is 1.17 bits per heavy atom. The number of rotatable bonds is 9. The Kier molecular flexibility index (Phi) is 7.84. The number of methoxy groups -OCH3 is 2. The molecule has 35 heavy (non-hydrogen) atoms. The highest BCUT2D eigenvalue weighted by Crippen LogP contribution is 2.33. The number of hydrogen-bond donors (Lipinski definition) is 1. The predicted molar refractivity (Wildman–Crippen MR) is 143 cm³/mol. The van der Waals surface area contributed by atoms with Gasteiger partial charge >= 0.3 is 0 Å². The first-order chi connectivity index (χ1) is 16.9. The van der Waals surface area contributed by atoms with E-state index >= 15 is 0 Å². The SMILES string of the molecule is COCCNc1nc2c(C)cccn2c(=O)c1C=C1SC(=S)N(CCc2ccc(OC)cc2)C1=O. The van der Waals surface area contributed by atoms with Gasteiger partial charge in [-0.3, -0.25) is 18.9 Å². The average Bonchev–Trinajstić information content (AvgIpc) is 3.13. The molecule has 182 valence electrons. The van der Waals surface area contributed by atoms with Crippen LogP contribution in [0.4, 0.5) is 5.82 Å². The molecule has 0 unspecified atom stereocenters. The van der Waals surface area contributed by atoms with Crippen molar-refractivity contribution in [2.45, 2.75) is 13.3 Å². The quantitative estimate of drug-likeness (QED) is 0.266. The maximum Gasteiger partial charge on any atom is 0.267 e. The number of amides is 1. The monoisotopic (exact) mass is 510 g/mol. The van der Waals surface area contributed by atoms with Crippen LogP contribution >= 0.6 is 24.0 Å². The number of thiocarbonyl (C=S) groups is 1. The molecule has 3 heterocycles. The summed E-state index contributed by atoms with van der Waals surface area (Å²) in [5.74, 6) is 0.970. The van der Waals surface area contributed by atoms with Crippen LogP contribution in [0.25, 0.3) is 11.7 Å². The standard InChI is InChI=1S/C25H26N4O4S2/c1-16-5-4-12-28-22(16)27-21(26-11-14-32-2)19(23(28)30)15-20-24(31)29(25(34)35-20)13-10-17-6-8-18(33-3)9-7-17/h4-9,12,15,26H,10-11,13-14H2,1-3H3. The number of nitrogens with zero attached hydrogens (tertiary/aromatic N) is 3. The van der Waals surface area contributed by atoms with Crippen LogP contribution in [0.5, 0.6) is 5.75 Å². The summed E-state index contributed by atoms with van der Waals surface area (Å²) >= 11 is 6.68. The summed E-state index contributed by atoms with van der Waals surface area (Å²) < 4.78 is 12.3. The number of aryl methyl sites for hydroxylation is 1. The van der Waals surface area contributed by atoms with Gasteiger partial charge in [0, 0.05) is 26.4 Å². The molecule has 0 saturated carbocycles. The fraction of sp³-hybridized carbons (Fsp3) is 0.280. The van der Waals surface area contributed by atoms with Crippen LogP contribution in [-0.4, -0.2) is 58.4 Å². The second kappa shape index (κ2) is 11.0. The highest BCUT2D eigenvalue weighted by Gasteiger charge is 2.32. The number of benzene rings is 1. The largest absolute Gasteiger partial charge is 0.497 e. The maximum absolute atomic E-state index is 13.4. The first-order valence-corrected chi connectivity index (χ1v) is 12.3. The molecule has 0 spiro atoms. The highest BCUT2D eigenvalue weighted by molar-refractivity contribution is 8.26. The van der Waals surface area contributed by atoms with Gasteiger partial charge in [-0.05, 0) is 48.7 Å². The maximum atomic E-state index is 13.4. The Hall–Kier alpha value is -3.21. The van der Waals surface area contributed by atoms with Gasteiger partial charge < -0.3 is 14.8 Å². The van der Waals surface area contributed by atoms with Crippen LogP contribution < -0.4 is 15.6 Å². The zero-order chi connectivity index (χ0) is 24.9. The molecule has 10 heteroatoms. The van der Waals surface area contributed by atoms with Crippen molar-refractivity contribution >= 4 is 51.7 Å². The Morgan fingerprint density at radius 3 is 2.66 bits per heavy atom. The summed E-state index contributed by atoms with van der Waals surface area (Å²) in [4.78, 5) is 33.2. The number of pyridine rings is 1. The first kappa shape index (κ1) is 24.9. The third kappa shape index (κ3) is 5.39. The molecule has 8 nitrogen and oxygen atoms in total. The number of thioether (sulfide) groups is 1. The molecule has 0 bridgehead atoms. The molecule has 0 atom stereocenters. The fourth-order valence-electron chi connectivity index (χ4n) is 3.70. The van der Waals surface area contributed by atoms with E-state index in [1.165, 1.54) is 16.2 Å². The molecule has 1 fully saturated rings. The van der Waals surface area contributed by atoms with Gasteiger partial charge in [0.2, 0.25) is 0 Å². The molecule has 1 aliphatic rings. The van der Waals surface area contributed by atoms with Crippen LogP contribution in [0.1, 0.15) is 16.7 Å². The molecular formula is C25H26N4O4S2. The number of carbonyl (C=O) groups excluding carboxylic acids is 1. The van der Waals surface area contributed by atoms with Gasteiger partial charge in [0.15, 0.2) is 0 Å². The number of fused-ring (bicyclic) bond motifs is 1. The predicted octanol–water partition coefficient (Wildman–Crippen LogP) is 3.51. The number of anilines is 1. The average molecular weight is 511 g/mol. The number of ether oxygens (including phenoxy) is 2. The second-order valence-electron chi connectivity index (χ2n) is 7.92. The lowest BCUT2D eigenvalue weighted by atomic mass is 10.1. The van der Waals surface area contributed by atoms with Gasteiger partial charge in [0.1, 0.15) is 21.5 Å². The first-order valence-electron chi connectivity index (χ1n) is 11.1.